The number of halogens is 12. The maximum absolute atomic E-state index is 9.75. The molecule has 0 radical (unpaired) electrons. The van der Waals surface area contributed by atoms with Gasteiger partial charge in [-0.25, -0.2) is 0 Å². The van der Waals surface area contributed by atoms with Gasteiger partial charge in [-0.2, -0.15) is 0 Å². The van der Waals surface area contributed by atoms with Crippen molar-refractivity contribution in [1.29, 1.82) is 0 Å². The third kappa shape index (κ3) is 78.3. The molecule has 0 unspecified atom stereocenters. The molecule has 0 bridgehead atoms. The Labute approximate surface area is 183 Å². The summed E-state index contributed by atoms with van der Waals surface area (Å²) in [5, 5.41) is 0. The van der Waals surface area contributed by atoms with Crippen LogP contribution in [0.2, 0.25) is 0 Å². The molecule has 0 amide bonds. The Morgan fingerprint density at radius 1 is 0.600 bits per heavy atom. The van der Waals surface area contributed by atoms with Gasteiger partial charge in [0.05, 0.1) is 0 Å². The summed E-state index contributed by atoms with van der Waals surface area (Å²) in [6.07, 6.45) is 7.46. The van der Waals surface area contributed by atoms with Gasteiger partial charge in [0.15, 0.2) is 0 Å². The second-order valence-electron chi connectivity index (χ2n) is 5.13. The van der Waals surface area contributed by atoms with Gasteiger partial charge in [0.25, 0.3) is 0 Å². The van der Waals surface area contributed by atoms with E-state index in [9.17, 15) is 51.8 Å². The van der Waals surface area contributed by atoms with Gasteiger partial charge in [-0.1, -0.05) is 46.0 Å². The van der Waals surface area contributed by atoms with Crippen molar-refractivity contribution in [2.45, 2.75) is 46.0 Å². The SMILES string of the molecule is CC(C)C1CCCCC1.F[B-](F)(F)F.F[B-](F)(F)F.F[B-](F)(F)F.[H-].[K+]. The second kappa shape index (κ2) is 16.0. The first-order chi connectivity index (χ1) is 10.3. The molecular weight excluding hydrogens is 408 g/mol. The van der Waals surface area contributed by atoms with Crippen LogP contribution in [0.5, 0.6) is 0 Å². The molecule has 1 saturated carbocycles. The first kappa shape index (κ1) is 33.6. The topological polar surface area (TPSA) is 0 Å². The van der Waals surface area contributed by atoms with Crippen LogP contribution in [0.15, 0.2) is 0 Å². The summed E-state index contributed by atoms with van der Waals surface area (Å²) in [6.45, 7) is 4.71. The predicted molar refractivity (Wildman–Crippen MR) is 73.1 cm³/mol. The molecule has 0 aromatic heterocycles. The molecule has 1 rings (SSSR count). The van der Waals surface area contributed by atoms with Gasteiger partial charge in [-0.05, 0) is 11.8 Å². The van der Waals surface area contributed by atoms with Gasteiger partial charge in [0.1, 0.15) is 0 Å². The predicted octanol–water partition coefficient (Wildman–Crippen LogP) is 4.24. The van der Waals surface area contributed by atoms with E-state index >= 15 is 0 Å². The van der Waals surface area contributed by atoms with E-state index in [2.05, 4.69) is 13.8 Å². The Hall–Kier alpha value is 0.991. The molecule has 1 aliphatic rings. The minimum absolute atomic E-state index is 0. The second-order valence-corrected chi connectivity index (χ2v) is 5.13. The maximum Gasteiger partial charge on any atom is 1.00 e. The van der Waals surface area contributed by atoms with Crippen molar-refractivity contribution in [2.24, 2.45) is 11.8 Å². The Morgan fingerprint density at radius 2 is 0.800 bits per heavy atom. The average Bonchev–Trinajstić information content (AvgIpc) is 2.23. The van der Waals surface area contributed by atoms with E-state index in [-0.39, 0.29) is 52.8 Å². The van der Waals surface area contributed by atoms with Gasteiger partial charge < -0.3 is 53.2 Å². The third-order valence-electron chi connectivity index (χ3n) is 2.59. The van der Waals surface area contributed by atoms with Crippen molar-refractivity contribution in [2.75, 3.05) is 0 Å². The van der Waals surface area contributed by atoms with Crippen molar-refractivity contribution in [3.05, 3.63) is 0 Å². The van der Waals surface area contributed by atoms with E-state index in [4.69, 9.17) is 0 Å². The summed E-state index contributed by atoms with van der Waals surface area (Å²) in [5.74, 6) is 1.99. The molecule has 1 fully saturated rings. The first-order valence-electron chi connectivity index (χ1n) is 6.92. The van der Waals surface area contributed by atoms with Crippen LogP contribution in [-0.2, 0) is 0 Å². The fraction of sp³-hybridized carbons (Fsp3) is 1.00. The third-order valence-corrected chi connectivity index (χ3v) is 2.59. The monoisotopic (exact) mass is 427 g/mol. The molecule has 0 atom stereocenters. The van der Waals surface area contributed by atoms with Crippen LogP contribution in [0.25, 0.3) is 0 Å². The van der Waals surface area contributed by atoms with Crippen LogP contribution in [-0.4, -0.2) is 21.8 Å². The molecule has 1 aliphatic carbocycles. The molecular formula is C9H19B3F12K-3. The molecule has 0 spiro atoms. The number of hydrogen-bond donors (Lipinski definition) is 0. The quantitative estimate of drug-likeness (QED) is 0.435. The van der Waals surface area contributed by atoms with Crippen molar-refractivity contribution in [3.63, 3.8) is 0 Å². The molecule has 0 N–H and O–H groups in total. The summed E-state index contributed by atoms with van der Waals surface area (Å²) in [4.78, 5) is 0. The normalized spacial score (nSPS) is 15.5. The summed E-state index contributed by atoms with van der Waals surface area (Å²) in [7, 11) is -18.0. The summed E-state index contributed by atoms with van der Waals surface area (Å²) >= 11 is 0. The van der Waals surface area contributed by atoms with Gasteiger partial charge in [0, 0.05) is 0 Å². The molecule has 25 heavy (non-hydrogen) atoms. The number of rotatable bonds is 1. The molecule has 0 saturated heterocycles. The largest absolute Gasteiger partial charge is 1.00 e. The molecule has 152 valence electrons. The smallest absolute Gasteiger partial charge is 1.00 e. The summed E-state index contributed by atoms with van der Waals surface area (Å²) in [5.41, 5.74) is 0. The van der Waals surface area contributed by atoms with Gasteiger partial charge >= 0.3 is 73.1 Å². The van der Waals surface area contributed by atoms with Crippen molar-refractivity contribution in [1.82, 2.24) is 0 Å². The first-order valence-corrected chi connectivity index (χ1v) is 6.92. The summed E-state index contributed by atoms with van der Waals surface area (Å²) in [6, 6.07) is 0. The van der Waals surface area contributed by atoms with Gasteiger partial charge in [-0.15, -0.1) is 0 Å². The zero-order chi connectivity index (χ0) is 20.2. The van der Waals surface area contributed by atoms with Crippen molar-refractivity contribution < 1.29 is 105 Å². The molecule has 0 aromatic rings. The van der Waals surface area contributed by atoms with E-state index in [1.807, 2.05) is 0 Å². The van der Waals surface area contributed by atoms with Crippen molar-refractivity contribution in [3.8, 4) is 0 Å². The van der Waals surface area contributed by atoms with E-state index in [0.717, 1.165) is 11.8 Å². The fourth-order valence-electron chi connectivity index (χ4n) is 1.80. The maximum atomic E-state index is 9.75. The number of hydrogen-bond acceptors (Lipinski definition) is 0. The zero-order valence-corrected chi connectivity index (χ0v) is 17.1. The standard InChI is InChI=1S/C9H18.3BF4.K.H/c1-8(2)9-6-4-3-5-7-9;3*2-1(3,4)5;;/h8-9H,3-7H2,1-2H3;;;;;/q;3*-1;+1;-1. The van der Waals surface area contributed by atoms with Crippen LogP contribution in [0.3, 0.4) is 0 Å². The Kier molecular flexibility index (Phi) is 21.5. The Morgan fingerprint density at radius 3 is 0.920 bits per heavy atom. The average molecular weight is 427 g/mol. The van der Waals surface area contributed by atoms with E-state index in [1.54, 1.807) is 0 Å². The van der Waals surface area contributed by atoms with E-state index in [1.165, 1.54) is 32.1 Å². The summed E-state index contributed by atoms with van der Waals surface area (Å²) < 4.78 is 117. The van der Waals surface area contributed by atoms with Gasteiger partial charge in [0.2, 0.25) is 0 Å². The minimum Gasteiger partial charge on any atom is -1.00 e. The van der Waals surface area contributed by atoms with E-state index in [0.29, 0.717) is 0 Å². The molecule has 0 aromatic carbocycles. The Balaban J connectivity index is -0.0000000771. The molecule has 16 heteroatoms. The van der Waals surface area contributed by atoms with E-state index < -0.39 is 21.8 Å². The van der Waals surface area contributed by atoms with Crippen LogP contribution < -0.4 is 51.4 Å². The molecule has 0 aliphatic heterocycles. The minimum atomic E-state index is -6.00. The Bertz CT molecular complexity index is 245. The van der Waals surface area contributed by atoms with Crippen LogP contribution in [0.4, 0.5) is 51.8 Å². The fourth-order valence-corrected chi connectivity index (χ4v) is 1.80. The van der Waals surface area contributed by atoms with Crippen LogP contribution in [0, 0.1) is 11.8 Å². The molecule has 0 nitrogen and oxygen atoms in total. The van der Waals surface area contributed by atoms with Crippen LogP contribution in [0.1, 0.15) is 47.4 Å². The zero-order valence-electron chi connectivity index (χ0n) is 15.0. The van der Waals surface area contributed by atoms with Gasteiger partial charge in [-0.3, -0.25) is 0 Å². The molecule has 0 heterocycles. The van der Waals surface area contributed by atoms with Crippen LogP contribution >= 0.6 is 0 Å². The van der Waals surface area contributed by atoms with Crippen molar-refractivity contribution >= 4 is 21.8 Å².